The SMILES string of the molecule is C=C[C@H](O)[C@H](O)[C@@H](CCC)OCc1ccc(OC)cc1. The minimum atomic E-state index is -0.970. The molecule has 0 unspecified atom stereocenters. The van der Waals surface area contributed by atoms with Crippen LogP contribution in [0.15, 0.2) is 36.9 Å². The largest absolute Gasteiger partial charge is 0.497 e. The highest BCUT2D eigenvalue weighted by Crippen LogP contribution is 2.16. The van der Waals surface area contributed by atoms with Crippen molar-refractivity contribution in [3.05, 3.63) is 42.5 Å². The van der Waals surface area contributed by atoms with E-state index in [0.717, 1.165) is 17.7 Å². The number of rotatable bonds is 9. The second kappa shape index (κ2) is 8.74. The van der Waals surface area contributed by atoms with E-state index in [2.05, 4.69) is 6.58 Å². The number of benzene rings is 1. The minimum Gasteiger partial charge on any atom is -0.497 e. The quantitative estimate of drug-likeness (QED) is 0.681. The molecule has 0 amide bonds. The molecule has 0 heterocycles. The van der Waals surface area contributed by atoms with E-state index in [4.69, 9.17) is 9.47 Å². The van der Waals surface area contributed by atoms with Crippen LogP contribution in [0, 0.1) is 0 Å². The lowest BCUT2D eigenvalue weighted by Crippen LogP contribution is -2.37. The van der Waals surface area contributed by atoms with E-state index in [9.17, 15) is 10.2 Å². The predicted octanol–water partition coefficient (Wildman–Crippen LogP) is 2.29. The van der Waals surface area contributed by atoms with Gasteiger partial charge < -0.3 is 19.7 Å². The van der Waals surface area contributed by atoms with Crippen LogP contribution < -0.4 is 4.74 Å². The van der Waals surface area contributed by atoms with Gasteiger partial charge in [0.25, 0.3) is 0 Å². The van der Waals surface area contributed by atoms with E-state index in [1.54, 1.807) is 7.11 Å². The first-order valence-electron chi connectivity index (χ1n) is 6.85. The molecular weight excluding hydrogens is 256 g/mol. The molecule has 0 aromatic heterocycles. The van der Waals surface area contributed by atoms with E-state index in [1.165, 1.54) is 6.08 Å². The van der Waals surface area contributed by atoms with Gasteiger partial charge in [-0.2, -0.15) is 0 Å². The summed E-state index contributed by atoms with van der Waals surface area (Å²) in [6.07, 6.45) is 0.545. The molecule has 0 fully saturated rings. The molecule has 1 aromatic carbocycles. The first-order chi connectivity index (χ1) is 9.62. The van der Waals surface area contributed by atoms with Gasteiger partial charge in [0.1, 0.15) is 18.0 Å². The first kappa shape index (κ1) is 16.7. The van der Waals surface area contributed by atoms with E-state index in [1.807, 2.05) is 31.2 Å². The Morgan fingerprint density at radius 2 is 1.90 bits per heavy atom. The lowest BCUT2D eigenvalue weighted by molar-refractivity contribution is -0.0861. The maximum Gasteiger partial charge on any atom is 0.118 e. The van der Waals surface area contributed by atoms with Crippen molar-refractivity contribution in [1.29, 1.82) is 0 Å². The molecule has 0 saturated carbocycles. The molecule has 4 nitrogen and oxygen atoms in total. The van der Waals surface area contributed by atoms with Crippen molar-refractivity contribution in [2.45, 2.75) is 44.7 Å². The van der Waals surface area contributed by atoms with Crippen molar-refractivity contribution in [3.63, 3.8) is 0 Å². The van der Waals surface area contributed by atoms with Gasteiger partial charge in [0.05, 0.1) is 19.8 Å². The van der Waals surface area contributed by atoms with E-state index in [0.29, 0.717) is 13.0 Å². The molecule has 0 aliphatic heterocycles. The fourth-order valence-corrected chi connectivity index (χ4v) is 1.92. The average molecular weight is 280 g/mol. The Labute approximate surface area is 120 Å². The Morgan fingerprint density at radius 3 is 2.40 bits per heavy atom. The average Bonchev–Trinajstić information content (AvgIpc) is 2.50. The summed E-state index contributed by atoms with van der Waals surface area (Å²) < 4.78 is 10.8. The van der Waals surface area contributed by atoms with Crippen molar-refractivity contribution >= 4 is 0 Å². The van der Waals surface area contributed by atoms with Crippen LogP contribution >= 0.6 is 0 Å². The number of aliphatic hydroxyl groups is 2. The van der Waals surface area contributed by atoms with Gasteiger partial charge in [-0.3, -0.25) is 0 Å². The Hall–Kier alpha value is -1.36. The second-order valence-electron chi connectivity index (χ2n) is 4.70. The normalized spacial score (nSPS) is 15.4. The topological polar surface area (TPSA) is 58.9 Å². The molecular formula is C16H24O4. The Morgan fingerprint density at radius 1 is 1.25 bits per heavy atom. The molecule has 20 heavy (non-hydrogen) atoms. The first-order valence-corrected chi connectivity index (χ1v) is 6.85. The summed E-state index contributed by atoms with van der Waals surface area (Å²) in [4.78, 5) is 0. The van der Waals surface area contributed by atoms with Crippen LogP contribution in [0.3, 0.4) is 0 Å². The highest BCUT2D eigenvalue weighted by molar-refractivity contribution is 5.26. The van der Waals surface area contributed by atoms with Gasteiger partial charge in [-0.05, 0) is 24.1 Å². The maximum absolute atomic E-state index is 10.0. The van der Waals surface area contributed by atoms with Gasteiger partial charge in [-0.15, -0.1) is 6.58 Å². The van der Waals surface area contributed by atoms with E-state index < -0.39 is 18.3 Å². The summed E-state index contributed by atoms with van der Waals surface area (Å²) in [6.45, 7) is 5.88. The minimum absolute atomic E-state index is 0.385. The van der Waals surface area contributed by atoms with Gasteiger partial charge in [-0.25, -0.2) is 0 Å². The fourth-order valence-electron chi connectivity index (χ4n) is 1.92. The molecule has 1 rings (SSSR count). The lowest BCUT2D eigenvalue weighted by Gasteiger charge is -2.25. The summed E-state index contributed by atoms with van der Waals surface area (Å²) in [6, 6.07) is 7.56. The van der Waals surface area contributed by atoms with Crippen LogP contribution in [-0.4, -0.2) is 35.6 Å². The van der Waals surface area contributed by atoms with Crippen molar-refractivity contribution in [2.75, 3.05) is 7.11 Å². The van der Waals surface area contributed by atoms with E-state index in [-0.39, 0.29) is 0 Å². The standard InChI is InChI=1S/C16H24O4/c1-4-6-15(16(18)14(17)5-2)20-11-12-7-9-13(19-3)10-8-12/h5,7-10,14-18H,2,4,6,11H2,1,3H3/t14-,15+,16-/m0/s1. The van der Waals surface area contributed by atoms with Crippen molar-refractivity contribution in [3.8, 4) is 5.75 Å². The monoisotopic (exact) mass is 280 g/mol. The Balaban J connectivity index is 2.58. The van der Waals surface area contributed by atoms with Gasteiger partial charge in [0, 0.05) is 0 Å². The number of hydrogen-bond donors (Lipinski definition) is 2. The van der Waals surface area contributed by atoms with Crippen LogP contribution in [0.1, 0.15) is 25.3 Å². The third kappa shape index (κ3) is 4.96. The van der Waals surface area contributed by atoms with Crippen molar-refractivity contribution < 1.29 is 19.7 Å². The molecule has 3 atom stereocenters. The zero-order valence-corrected chi connectivity index (χ0v) is 12.2. The highest BCUT2D eigenvalue weighted by Gasteiger charge is 2.24. The van der Waals surface area contributed by atoms with Crippen LogP contribution in [-0.2, 0) is 11.3 Å². The lowest BCUT2D eigenvalue weighted by atomic mass is 10.0. The molecule has 1 aromatic rings. The molecule has 0 saturated heterocycles. The Bertz CT molecular complexity index is 388. The summed E-state index contributed by atoms with van der Waals surface area (Å²) in [5, 5.41) is 19.6. The molecule has 2 N–H and O–H groups in total. The molecule has 4 heteroatoms. The highest BCUT2D eigenvalue weighted by atomic mass is 16.5. The van der Waals surface area contributed by atoms with Gasteiger partial charge in [-0.1, -0.05) is 31.6 Å². The number of ether oxygens (including phenoxy) is 2. The second-order valence-corrected chi connectivity index (χ2v) is 4.70. The third-order valence-electron chi connectivity index (χ3n) is 3.17. The number of methoxy groups -OCH3 is 1. The summed E-state index contributed by atoms with van der Waals surface area (Å²) >= 11 is 0. The molecule has 0 aliphatic rings. The zero-order valence-electron chi connectivity index (χ0n) is 12.2. The van der Waals surface area contributed by atoms with Gasteiger partial charge in [0.2, 0.25) is 0 Å². The van der Waals surface area contributed by atoms with Gasteiger partial charge >= 0.3 is 0 Å². The smallest absolute Gasteiger partial charge is 0.118 e. The maximum atomic E-state index is 10.0. The Kier molecular flexibility index (Phi) is 7.30. The molecule has 0 aliphatic carbocycles. The van der Waals surface area contributed by atoms with Gasteiger partial charge in [0.15, 0.2) is 0 Å². The summed E-state index contributed by atoms with van der Waals surface area (Å²) in [5.41, 5.74) is 0.993. The molecule has 0 spiro atoms. The number of aliphatic hydroxyl groups excluding tert-OH is 2. The number of hydrogen-bond acceptors (Lipinski definition) is 4. The summed E-state index contributed by atoms with van der Waals surface area (Å²) in [7, 11) is 1.62. The zero-order chi connectivity index (χ0) is 15.0. The van der Waals surface area contributed by atoms with Crippen molar-refractivity contribution in [2.24, 2.45) is 0 Å². The molecule has 0 bridgehead atoms. The third-order valence-corrected chi connectivity index (χ3v) is 3.17. The van der Waals surface area contributed by atoms with Crippen LogP contribution in [0.5, 0.6) is 5.75 Å². The molecule has 112 valence electrons. The van der Waals surface area contributed by atoms with Crippen molar-refractivity contribution in [1.82, 2.24) is 0 Å². The molecule has 0 radical (unpaired) electrons. The van der Waals surface area contributed by atoms with E-state index >= 15 is 0 Å². The van der Waals surface area contributed by atoms with Crippen LogP contribution in [0.25, 0.3) is 0 Å². The summed E-state index contributed by atoms with van der Waals surface area (Å²) in [5.74, 6) is 0.793. The fraction of sp³-hybridized carbons (Fsp3) is 0.500. The van der Waals surface area contributed by atoms with Crippen LogP contribution in [0.2, 0.25) is 0 Å². The van der Waals surface area contributed by atoms with Crippen LogP contribution in [0.4, 0.5) is 0 Å². The predicted molar refractivity (Wildman–Crippen MR) is 78.7 cm³/mol.